The zero-order chi connectivity index (χ0) is 10.9. The molecule has 84 valence electrons. The van der Waals surface area contributed by atoms with Gasteiger partial charge in [-0.2, -0.15) is 0 Å². The van der Waals surface area contributed by atoms with E-state index in [0.29, 0.717) is 19.1 Å². The van der Waals surface area contributed by atoms with Gasteiger partial charge in [0, 0.05) is 19.7 Å². The monoisotopic (exact) mass is 211 g/mol. The van der Waals surface area contributed by atoms with Crippen LogP contribution in [0.15, 0.2) is 12.4 Å². The van der Waals surface area contributed by atoms with E-state index in [0.717, 1.165) is 18.8 Å². The third-order valence-electron chi connectivity index (χ3n) is 1.72. The predicted octanol–water partition coefficient (Wildman–Crippen LogP) is 1.32. The number of hydrogen-bond donors (Lipinski definition) is 1. The minimum Gasteiger partial charge on any atom is -0.475 e. The molecule has 0 aliphatic carbocycles. The van der Waals surface area contributed by atoms with Gasteiger partial charge >= 0.3 is 0 Å². The topological polar surface area (TPSA) is 56.3 Å². The first-order valence-corrected chi connectivity index (χ1v) is 5.07. The maximum Gasteiger partial charge on any atom is 0.218 e. The lowest BCUT2D eigenvalue weighted by molar-refractivity contribution is 0.0990. The van der Waals surface area contributed by atoms with Gasteiger partial charge in [-0.25, -0.2) is 9.97 Å². The Balaban J connectivity index is 2.24. The Morgan fingerprint density at radius 3 is 2.87 bits per heavy atom. The lowest BCUT2D eigenvalue weighted by Gasteiger charge is -2.06. The van der Waals surface area contributed by atoms with Gasteiger partial charge in [0.1, 0.15) is 18.8 Å². The molecule has 0 saturated carbocycles. The molecule has 1 N–H and O–H groups in total. The number of rotatable bonds is 7. The van der Waals surface area contributed by atoms with Crippen LogP contribution >= 0.6 is 0 Å². The van der Waals surface area contributed by atoms with Gasteiger partial charge < -0.3 is 14.8 Å². The number of ether oxygens (including phenoxy) is 2. The third kappa shape index (κ3) is 4.60. The summed E-state index contributed by atoms with van der Waals surface area (Å²) in [6, 6.07) is 1.75. The molecule has 0 bridgehead atoms. The van der Waals surface area contributed by atoms with Crippen LogP contribution in [0.25, 0.3) is 0 Å². The molecule has 0 unspecified atom stereocenters. The number of nitrogens with zero attached hydrogens (tertiary/aromatic N) is 2. The molecule has 1 heterocycles. The number of anilines is 1. The van der Waals surface area contributed by atoms with Crippen LogP contribution in [0.1, 0.15) is 13.3 Å². The Bertz CT molecular complexity index is 281. The molecular formula is C10H17N3O2. The lowest BCUT2D eigenvalue weighted by atomic mass is 10.5. The maximum atomic E-state index is 5.38. The molecule has 0 fully saturated rings. The number of nitrogens with one attached hydrogen (secondary N) is 1. The molecule has 1 aromatic rings. The molecule has 0 spiro atoms. The van der Waals surface area contributed by atoms with E-state index in [2.05, 4.69) is 22.2 Å². The Labute approximate surface area is 89.8 Å². The molecule has 0 radical (unpaired) electrons. The average molecular weight is 211 g/mol. The summed E-state index contributed by atoms with van der Waals surface area (Å²) in [5.74, 6) is 1.31. The first kappa shape index (κ1) is 11.7. The van der Waals surface area contributed by atoms with Gasteiger partial charge in [0.05, 0.1) is 6.61 Å². The molecule has 15 heavy (non-hydrogen) atoms. The highest BCUT2D eigenvalue weighted by atomic mass is 16.5. The fraction of sp³-hybridized carbons (Fsp3) is 0.600. The van der Waals surface area contributed by atoms with Crippen molar-refractivity contribution in [3.05, 3.63) is 12.4 Å². The summed E-state index contributed by atoms with van der Waals surface area (Å²) in [5, 5.41) is 2.92. The summed E-state index contributed by atoms with van der Waals surface area (Å²) in [5.41, 5.74) is 0. The van der Waals surface area contributed by atoms with Gasteiger partial charge in [0.2, 0.25) is 5.88 Å². The third-order valence-corrected chi connectivity index (χ3v) is 1.72. The fourth-order valence-corrected chi connectivity index (χ4v) is 1.01. The van der Waals surface area contributed by atoms with Gasteiger partial charge in [-0.05, 0) is 6.42 Å². The molecule has 1 rings (SSSR count). The normalized spacial score (nSPS) is 10.0. The largest absolute Gasteiger partial charge is 0.475 e. The van der Waals surface area contributed by atoms with Crippen LogP contribution in [0.3, 0.4) is 0 Å². The summed E-state index contributed by atoms with van der Waals surface area (Å²) < 4.78 is 10.7. The van der Waals surface area contributed by atoms with E-state index >= 15 is 0 Å². The number of hydrogen-bond acceptors (Lipinski definition) is 5. The van der Waals surface area contributed by atoms with Crippen molar-refractivity contribution in [2.45, 2.75) is 13.3 Å². The van der Waals surface area contributed by atoms with E-state index in [9.17, 15) is 0 Å². The molecule has 0 atom stereocenters. The van der Waals surface area contributed by atoms with Crippen LogP contribution in [0.2, 0.25) is 0 Å². The standard InChI is InChI=1S/C10H17N3O2/c1-3-4-14-5-6-15-10-7-9(11-2)12-8-13-10/h7-8H,3-6H2,1-2H3,(H,11,12,13). The molecular weight excluding hydrogens is 194 g/mol. The zero-order valence-electron chi connectivity index (χ0n) is 9.19. The van der Waals surface area contributed by atoms with Crippen LogP contribution in [-0.4, -0.2) is 36.8 Å². The maximum absolute atomic E-state index is 5.38. The van der Waals surface area contributed by atoms with Crippen molar-refractivity contribution < 1.29 is 9.47 Å². The first-order chi connectivity index (χ1) is 7.36. The van der Waals surface area contributed by atoms with E-state index in [1.54, 1.807) is 13.1 Å². The van der Waals surface area contributed by atoms with Crippen molar-refractivity contribution in [1.82, 2.24) is 9.97 Å². The Morgan fingerprint density at radius 1 is 1.27 bits per heavy atom. The van der Waals surface area contributed by atoms with Crippen LogP contribution in [-0.2, 0) is 4.74 Å². The minimum atomic E-state index is 0.514. The van der Waals surface area contributed by atoms with Crippen LogP contribution in [0.5, 0.6) is 5.88 Å². The quantitative estimate of drug-likeness (QED) is 0.689. The highest BCUT2D eigenvalue weighted by Gasteiger charge is 1.97. The van der Waals surface area contributed by atoms with Gasteiger partial charge in [-0.1, -0.05) is 6.92 Å². The highest BCUT2D eigenvalue weighted by Crippen LogP contribution is 2.09. The van der Waals surface area contributed by atoms with Crippen molar-refractivity contribution >= 4 is 5.82 Å². The van der Waals surface area contributed by atoms with E-state index in [-0.39, 0.29) is 0 Å². The van der Waals surface area contributed by atoms with E-state index < -0.39 is 0 Å². The van der Waals surface area contributed by atoms with E-state index in [4.69, 9.17) is 9.47 Å². The molecule has 1 aromatic heterocycles. The van der Waals surface area contributed by atoms with Crippen LogP contribution in [0, 0.1) is 0 Å². The molecule has 0 aliphatic rings. The summed E-state index contributed by atoms with van der Waals surface area (Å²) in [7, 11) is 1.80. The van der Waals surface area contributed by atoms with Gasteiger partial charge in [0.25, 0.3) is 0 Å². The predicted molar refractivity (Wildman–Crippen MR) is 58.2 cm³/mol. The minimum absolute atomic E-state index is 0.514. The average Bonchev–Trinajstić information content (AvgIpc) is 2.29. The Hall–Kier alpha value is -1.36. The van der Waals surface area contributed by atoms with E-state index in [1.165, 1.54) is 6.33 Å². The summed E-state index contributed by atoms with van der Waals surface area (Å²) >= 11 is 0. The highest BCUT2D eigenvalue weighted by molar-refractivity contribution is 5.35. The molecule has 0 aliphatic heterocycles. The fourth-order valence-electron chi connectivity index (χ4n) is 1.01. The smallest absolute Gasteiger partial charge is 0.218 e. The van der Waals surface area contributed by atoms with Gasteiger partial charge in [0.15, 0.2) is 0 Å². The molecule has 0 saturated heterocycles. The summed E-state index contributed by atoms with van der Waals surface area (Å²) in [4.78, 5) is 7.96. The lowest BCUT2D eigenvalue weighted by Crippen LogP contribution is -2.08. The van der Waals surface area contributed by atoms with Crippen molar-refractivity contribution in [2.75, 3.05) is 32.2 Å². The van der Waals surface area contributed by atoms with Crippen LogP contribution < -0.4 is 10.1 Å². The van der Waals surface area contributed by atoms with Gasteiger partial charge in [-0.3, -0.25) is 0 Å². The van der Waals surface area contributed by atoms with Crippen molar-refractivity contribution in [1.29, 1.82) is 0 Å². The summed E-state index contributed by atoms with van der Waals surface area (Å²) in [6.07, 6.45) is 2.49. The van der Waals surface area contributed by atoms with Crippen LogP contribution in [0.4, 0.5) is 5.82 Å². The first-order valence-electron chi connectivity index (χ1n) is 5.07. The number of aromatic nitrogens is 2. The second kappa shape index (κ2) is 7.00. The Morgan fingerprint density at radius 2 is 2.13 bits per heavy atom. The molecule has 5 nitrogen and oxygen atoms in total. The van der Waals surface area contributed by atoms with Crippen molar-refractivity contribution in [3.8, 4) is 5.88 Å². The van der Waals surface area contributed by atoms with Crippen molar-refractivity contribution in [2.24, 2.45) is 0 Å². The van der Waals surface area contributed by atoms with Gasteiger partial charge in [-0.15, -0.1) is 0 Å². The molecule has 0 amide bonds. The molecule has 5 heteroatoms. The van der Waals surface area contributed by atoms with E-state index in [1.807, 2.05) is 0 Å². The second-order valence-corrected chi connectivity index (χ2v) is 2.95. The zero-order valence-corrected chi connectivity index (χ0v) is 9.19. The summed E-state index contributed by atoms with van der Waals surface area (Å²) in [6.45, 7) is 3.95. The molecule has 0 aromatic carbocycles. The SMILES string of the molecule is CCCOCCOc1cc(NC)ncn1. The second-order valence-electron chi connectivity index (χ2n) is 2.95. The van der Waals surface area contributed by atoms with Crippen molar-refractivity contribution in [3.63, 3.8) is 0 Å². The Kier molecular flexibility index (Phi) is 5.47.